The van der Waals surface area contributed by atoms with Gasteiger partial charge in [-0.1, -0.05) is 0 Å². The molecule has 0 aromatic carbocycles. The lowest BCUT2D eigenvalue weighted by Gasteiger charge is -2.35. The van der Waals surface area contributed by atoms with Gasteiger partial charge < -0.3 is 15.3 Å². The minimum absolute atomic E-state index is 0.00309. The number of hydrogen-bond acceptors (Lipinski definition) is 3. The molecule has 2 N–H and O–H groups in total. The minimum atomic E-state index is -1.09. The Morgan fingerprint density at radius 2 is 1.95 bits per heavy atom. The molecule has 1 aliphatic carbocycles. The molecule has 2 rings (SSSR count). The van der Waals surface area contributed by atoms with Crippen molar-refractivity contribution in [3.05, 3.63) is 0 Å². The zero-order valence-electron chi connectivity index (χ0n) is 10.8. The highest BCUT2D eigenvalue weighted by Gasteiger charge is 2.32. The maximum Gasteiger partial charge on any atom is 0.327 e. The van der Waals surface area contributed by atoms with E-state index in [1.807, 2.05) is 0 Å². The quantitative estimate of drug-likeness (QED) is 0.699. The SMILES string of the molecule is C#CCC(NC(=O)N1CCN(C2CC2)CC1)C(=O)O. The maximum absolute atomic E-state index is 11.9. The van der Waals surface area contributed by atoms with E-state index in [0.717, 1.165) is 13.1 Å². The third kappa shape index (κ3) is 3.61. The minimum Gasteiger partial charge on any atom is -0.480 e. The average molecular weight is 265 g/mol. The van der Waals surface area contributed by atoms with Gasteiger partial charge in [0.1, 0.15) is 6.04 Å². The van der Waals surface area contributed by atoms with Crippen molar-refractivity contribution in [3.63, 3.8) is 0 Å². The molecular formula is C13H19N3O3. The molecule has 1 atom stereocenters. The Labute approximate surface area is 112 Å². The second kappa shape index (κ2) is 5.93. The van der Waals surface area contributed by atoms with Crippen LogP contribution in [0.3, 0.4) is 0 Å². The number of terminal acetylenes is 1. The zero-order valence-corrected chi connectivity index (χ0v) is 10.8. The Morgan fingerprint density at radius 1 is 1.32 bits per heavy atom. The van der Waals surface area contributed by atoms with E-state index < -0.39 is 12.0 Å². The summed E-state index contributed by atoms with van der Waals surface area (Å²) < 4.78 is 0. The fourth-order valence-corrected chi connectivity index (χ4v) is 2.29. The molecule has 19 heavy (non-hydrogen) atoms. The van der Waals surface area contributed by atoms with Gasteiger partial charge in [-0.2, -0.15) is 0 Å². The van der Waals surface area contributed by atoms with E-state index in [4.69, 9.17) is 11.5 Å². The molecule has 0 bridgehead atoms. The van der Waals surface area contributed by atoms with Crippen LogP contribution in [0.4, 0.5) is 4.79 Å². The predicted octanol–water partition coefficient (Wildman–Crippen LogP) is -0.0475. The summed E-state index contributed by atoms with van der Waals surface area (Å²) in [6.45, 7) is 3.02. The molecule has 1 saturated carbocycles. The number of carbonyl (C=O) groups excluding carboxylic acids is 1. The zero-order chi connectivity index (χ0) is 13.8. The van der Waals surface area contributed by atoms with Crippen molar-refractivity contribution in [2.75, 3.05) is 26.2 Å². The number of nitrogens with zero attached hydrogens (tertiary/aromatic N) is 2. The monoisotopic (exact) mass is 265 g/mol. The van der Waals surface area contributed by atoms with Crippen molar-refractivity contribution in [2.45, 2.75) is 31.3 Å². The number of nitrogens with one attached hydrogen (secondary N) is 1. The van der Waals surface area contributed by atoms with E-state index >= 15 is 0 Å². The standard InChI is InChI=1S/C13H19N3O3/c1-2-3-11(12(17)18)14-13(19)16-8-6-15(7-9-16)10-4-5-10/h1,10-11H,3-9H2,(H,14,19)(H,17,18). The Morgan fingerprint density at radius 3 is 2.42 bits per heavy atom. The molecule has 0 spiro atoms. The van der Waals surface area contributed by atoms with Gasteiger partial charge in [-0.3, -0.25) is 4.90 Å². The van der Waals surface area contributed by atoms with Gasteiger partial charge in [-0.25, -0.2) is 9.59 Å². The van der Waals surface area contributed by atoms with Gasteiger partial charge in [-0.15, -0.1) is 12.3 Å². The van der Waals surface area contributed by atoms with E-state index in [9.17, 15) is 9.59 Å². The van der Waals surface area contributed by atoms with Gasteiger partial charge in [0, 0.05) is 38.6 Å². The summed E-state index contributed by atoms with van der Waals surface area (Å²) in [6.07, 6.45) is 7.62. The molecule has 2 fully saturated rings. The summed E-state index contributed by atoms with van der Waals surface area (Å²) in [6, 6.07) is -0.629. The maximum atomic E-state index is 11.9. The lowest BCUT2D eigenvalue weighted by Crippen LogP contribution is -2.54. The summed E-state index contributed by atoms with van der Waals surface area (Å²) in [4.78, 5) is 26.9. The van der Waals surface area contributed by atoms with Crippen LogP contribution in [0.2, 0.25) is 0 Å². The van der Waals surface area contributed by atoms with Gasteiger partial charge >= 0.3 is 12.0 Å². The third-order valence-corrected chi connectivity index (χ3v) is 3.58. The molecular weight excluding hydrogens is 246 g/mol. The Kier molecular flexibility index (Phi) is 4.27. The Hall–Kier alpha value is -1.74. The number of piperazine rings is 1. The van der Waals surface area contributed by atoms with Crippen LogP contribution in [0.25, 0.3) is 0 Å². The highest BCUT2D eigenvalue weighted by molar-refractivity contribution is 5.82. The number of carboxylic acids is 1. The highest BCUT2D eigenvalue weighted by Crippen LogP contribution is 2.27. The fraction of sp³-hybridized carbons (Fsp3) is 0.692. The largest absolute Gasteiger partial charge is 0.480 e. The summed E-state index contributed by atoms with van der Waals surface area (Å²) in [5, 5.41) is 11.4. The molecule has 6 heteroatoms. The number of rotatable bonds is 4. The number of carbonyl (C=O) groups is 2. The van der Waals surface area contributed by atoms with Crippen LogP contribution < -0.4 is 5.32 Å². The van der Waals surface area contributed by atoms with E-state index in [0.29, 0.717) is 19.1 Å². The number of carboxylic acid groups (broad SMARTS) is 1. The van der Waals surface area contributed by atoms with E-state index in [2.05, 4.69) is 16.1 Å². The van der Waals surface area contributed by atoms with Crippen LogP contribution in [0.1, 0.15) is 19.3 Å². The normalized spacial score (nSPS) is 21.5. The predicted molar refractivity (Wildman–Crippen MR) is 69.6 cm³/mol. The summed E-state index contributed by atoms with van der Waals surface area (Å²) in [5.41, 5.74) is 0. The van der Waals surface area contributed by atoms with Gasteiger partial charge in [0.2, 0.25) is 0 Å². The smallest absolute Gasteiger partial charge is 0.327 e. The van der Waals surface area contributed by atoms with E-state index in [1.54, 1.807) is 4.90 Å². The first kappa shape index (κ1) is 13.7. The topological polar surface area (TPSA) is 72.9 Å². The molecule has 0 aromatic rings. The summed E-state index contributed by atoms with van der Waals surface area (Å²) >= 11 is 0. The lowest BCUT2D eigenvalue weighted by atomic mass is 10.2. The summed E-state index contributed by atoms with van der Waals surface area (Å²) in [7, 11) is 0. The average Bonchev–Trinajstić information content (AvgIpc) is 3.22. The van der Waals surface area contributed by atoms with Gasteiger partial charge in [0.05, 0.1) is 0 Å². The van der Waals surface area contributed by atoms with E-state index in [-0.39, 0.29) is 12.5 Å². The summed E-state index contributed by atoms with van der Waals surface area (Å²) in [5.74, 6) is 1.17. The first-order valence-corrected chi connectivity index (χ1v) is 6.57. The van der Waals surface area contributed by atoms with Crippen LogP contribution in [0.15, 0.2) is 0 Å². The molecule has 1 unspecified atom stereocenters. The van der Waals surface area contributed by atoms with Crippen molar-refractivity contribution in [3.8, 4) is 12.3 Å². The highest BCUT2D eigenvalue weighted by atomic mass is 16.4. The van der Waals surface area contributed by atoms with Crippen LogP contribution in [-0.2, 0) is 4.79 Å². The van der Waals surface area contributed by atoms with Crippen molar-refractivity contribution in [1.82, 2.24) is 15.1 Å². The molecule has 1 heterocycles. The van der Waals surface area contributed by atoms with Gasteiger partial charge in [-0.05, 0) is 12.8 Å². The van der Waals surface area contributed by atoms with Crippen molar-refractivity contribution >= 4 is 12.0 Å². The van der Waals surface area contributed by atoms with Crippen molar-refractivity contribution in [2.24, 2.45) is 0 Å². The Balaban J connectivity index is 1.79. The molecule has 1 aliphatic heterocycles. The van der Waals surface area contributed by atoms with Gasteiger partial charge in [0.15, 0.2) is 0 Å². The van der Waals surface area contributed by atoms with Crippen molar-refractivity contribution in [1.29, 1.82) is 0 Å². The Bertz CT molecular complexity index is 392. The molecule has 0 radical (unpaired) electrons. The van der Waals surface area contributed by atoms with Gasteiger partial charge in [0.25, 0.3) is 0 Å². The molecule has 1 saturated heterocycles. The number of aliphatic carboxylic acids is 1. The van der Waals surface area contributed by atoms with E-state index in [1.165, 1.54) is 12.8 Å². The third-order valence-electron chi connectivity index (χ3n) is 3.58. The molecule has 6 nitrogen and oxygen atoms in total. The van der Waals surface area contributed by atoms with Crippen LogP contribution in [0, 0.1) is 12.3 Å². The second-order valence-electron chi connectivity index (χ2n) is 5.00. The molecule has 104 valence electrons. The van der Waals surface area contributed by atoms with Crippen molar-refractivity contribution < 1.29 is 14.7 Å². The lowest BCUT2D eigenvalue weighted by molar-refractivity contribution is -0.139. The molecule has 2 amide bonds. The first-order valence-electron chi connectivity index (χ1n) is 6.57. The molecule has 0 aromatic heterocycles. The van der Waals surface area contributed by atoms with Crippen LogP contribution in [0.5, 0.6) is 0 Å². The second-order valence-corrected chi connectivity index (χ2v) is 5.00. The number of amides is 2. The number of hydrogen-bond donors (Lipinski definition) is 2. The number of urea groups is 1. The van der Waals surface area contributed by atoms with Crippen LogP contribution >= 0.6 is 0 Å². The first-order chi connectivity index (χ1) is 9.11. The molecule has 2 aliphatic rings. The van der Waals surface area contributed by atoms with Crippen LogP contribution in [-0.4, -0.2) is 65.2 Å². The fourth-order valence-electron chi connectivity index (χ4n) is 2.29.